The molecule has 1 amide bonds. The fraction of sp³-hybridized carbons (Fsp3) is 0.222. The summed E-state index contributed by atoms with van der Waals surface area (Å²) in [5.41, 5.74) is 2.69. The Kier molecular flexibility index (Phi) is 6.72. The summed E-state index contributed by atoms with van der Waals surface area (Å²) in [5.74, 6) is 2.38. The second kappa shape index (κ2) is 10.2. The second-order valence-corrected chi connectivity index (χ2v) is 8.95. The Hall–Kier alpha value is -3.78. The molecule has 3 aromatic carbocycles. The van der Waals surface area contributed by atoms with Crippen LogP contribution in [-0.2, 0) is 11.3 Å². The van der Waals surface area contributed by atoms with Crippen molar-refractivity contribution < 1.29 is 14.3 Å². The lowest BCUT2D eigenvalue weighted by atomic mass is 10.0. The second-order valence-electron chi connectivity index (χ2n) is 8.01. The van der Waals surface area contributed by atoms with Gasteiger partial charge in [0.15, 0.2) is 11.0 Å². The van der Waals surface area contributed by atoms with E-state index in [1.807, 2.05) is 95.3 Å². The van der Waals surface area contributed by atoms with E-state index in [4.69, 9.17) is 9.47 Å². The highest BCUT2D eigenvalue weighted by Crippen LogP contribution is 2.40. The average Bonchev–Trinajstić information content (AvgIpc) is 3.34. The van der Waals surface area contributed by atoms with Crippen molar-refractivity contribution in [1.29, 1.82) is 0 Å². The van der Waals surface area contributed by atoms with Crippen molar-refractivity contribution in [1.82, 2.24) is 14.8 Å². The SMILES string of the molecule is CCn1c(SCC(=O)N2c3ccccc3OCC2c2ccccc2)nnc1-c1ccccc1OC. The third-order valence-corrected chi connectivity index (χ3v) is 6.94. The fourth-order valence-corrected chi connectivity index (χ4v) is 5.18. The van der Waals surface area contributed by atoms with Gasteiger partial charge in [-0.05, 0) is 36.8 Å². The zero-order chi connectivity index (χ0) is 24.2. The highest BCUT2D eigenvalue weighted by atomic mass is 32.2. The number of hydrogen-bond donors (Lipinski definition) is 0. The van der Waals surface area contributed by atoms with Gasteiger partial charge < -0.3 is 14.0 Å². The predicted molar refractivity (Wildman–Crippen MR) is 137 cm³/mol. The summed E-state index contributed by atoms with van der Waals surface area (Å²) in [4.78, 5) is 15.5. The molecule has 178 valence electrons. The number of aromatic nitrogens is 3. The van der Waals surface area contributed by atoms with Crippen molar-refractivity contribution in [3.8, 4) is 22.9 Å². The van der Waals surface area contributed by atoms with Gasteiger partial charge in [-0.2, -0.15) is 0 Å². The molecule has 2 heterocycles. The number of anilines is 1. The Morgan fingerprint density at radius 3 is 2.57 bits per heavy atom. The quantitative estimate of drug-likeness (QED) is 0.333. The number of para-hydroxylation sites is 3. The van der Waals surface area contributed by atoms with Crippen molar-refractivity contribution >= 4 is 23.4 Å². The lowest BCUT2D eigenvalue weighted by molar-refractivity contribution is -0.117. The number of carbonyl (C=O) groups excluding carboxylic acids is 1. The van der Waals surface area contributed by atoms with E-state index in [1.54, 1.807) is 7.11 Å². The smallest absolute Gasteiger partial charge is 0.238 e. The number of nitrogens with zero attached hydrogens (tertiary/aromatic N) is 4. The van der Waals surface area contributed by atoms with Crippen LogP contribution in [0.3, 0.4) is 0 Å². The van der Waals surface area contributed by atoms with Gasteiger partial charge in [0.2, 0.25) is 5.91 Å². The van der Waals surface area contributed by atoms with Crippen LogP contribution in [0.5, 0.6) is 11.5 Å². The van der Waals surface area contributed by atoms with Crippen molar-refractivity contribution in [2.45, 2.75) is 24.7 Å². The first-order chi connectivity index (χ1) is 17.2. The lowest BCUT2D eigenvalue weighted by Crippen LogP contribution is -2.42. The summed E-state index contributed by atoms with van der Waals surface area (Å²) in [7, 11) is 1.64. The van der Waals surface area contributed by atoms with Crippen LogP contribution in [0.15, 0.2) is 84.0 Å². The molecular formula is C27H26N4O3S. The fourth-order valence-electron chi connectivity index (χ4n) is 4.32. The van der Waals surface area contributed by atoms with Crippen LogP contribution in [-0.4, -0.2) is 40.1 Å². The number of rotatable bonds is 7. The standard InChI is InChI=1S/C27H26N4O3S/c1-3-30-26(20-13-7-9-15-23(20)33-2)28-29-27(30)35-18-25(32)31-21-14-8-10-16-24(21)34-17-22(31)19-11-5-4-6-12-19/h4-16,22H,3,17-18H2,1-2H3. The van der Waals surface area contributed by atoms with Crippen molar-refractivity contribution in [2.75, 3.05) is 24.4 Å². The first-order valence-corrected chi connectivity index (χ1v) is 12.5. The molecule has 1 atom stereocenters. The minimum absolute atomic E-state index is 0.0101. The predicted octanol–water partition coefficient (Wildman–Crippen LogP) is 5.23. The van der Waals surface area contributed by atoms with Crippen LogP contribution < -0.4 is 14.4 Å². The normalized spacial score (nSPS) is 14.8. The largest absolute Gasteiger partial charge is 0.496 e. The number of ether oxygens (including phenoxy) is 2. The number of methoxy groups -OCH3 is 1. The highest BCUT2D eigenvalue weighted by molar-refractivity contribution is 7.99. The van der Waals surface area contributed by atoms with Gasteiger partial charge in [0.05, 0.1) is 30.2 Å². The third-order valence-electron chi connectivity index (χ3n) is 5.99. The molecule has 8 heteroatoms. The Bertz CT molecular complexity index is 1330. The molecule has 0 aliphatic carbocycles. The Morgan fingerprint density at radius 1 is 1.03 bits per heavy atom. The molecule has 0 fully saturated rings. The third kappa shape index (κ3) is 4.49. The van der Waals surface area contributed by atoms with E-state index >= 15 is 0 Å². The van der Waals surface area contributed by atoms with E-state index in [-0.39, 0.29) is 17.7 Å². The molecule has 4 aromatic rings. The molecule has 0 saturated carbocycles. The maximum atomic E-state index is 13.7. The molecule has 0 bridgehead atoms. The molecule has 5 rings (SSSR count). The lowest BCUT2D eigenvalue weighted by Gasteiger charge is -2.37. The number of amides is 1. The minimum atomic E-state index is -0.201. The van der Waals surface area contributed by atoms with Gasteiger partial charge in [0.25, 0.3) is 0 Å². The highest BCUT2D eigenvalue weighted by Gasteiger charge is 2.33. The molecule has 0 N–H and O–H groups in total. The number of carbonyl (C=O) groups is 1. The van der Waals surface area contributed by atoms with Crippen molar-refractivity contribution in [2.24, 2.45) is 0 Å². The number of hydrogen-bond acceptors (Lipinski definition) is 6. The van der Waals surface area contributed by atoms with Crippen molar-refractivity contribution in [3.05, 3.63) is 84.4 Å². The molecule has 35 heavy (non-hydrogen) atoms. The topological polar surface area (TPSA) is 69.5 Å². The zero-order valence-electron chi connectivity index (χ0n) is 19.6. The van der Waals surface area contributed by atoms with Crippen LogP contribution >= 0.6 is 11.8 Å². The van der Waals surface area contributed by atoms with Crippen LogP contribution in [0.1, 0.15) is 18.5 Å². The first-order valence-electron chi connectivity index (χ1n) is 11.5. The van der Waals surface area contributed by atoms with E-state index in [0.29, 0.717) is 24.1 Å². The van der Waals surface area contributed by atoms with E-state index < -0.39 is 0 Å². The van der Waals surface area contributed by atoms with Crippen LogP contribution in [0.25, 0.3) is 11.4 Å². The summed E-state index contributed by atoms with van der Waals surface area (Å²) < 4.78 is 13.5. The summed E-state index contributed by atoms with van der Waals surface area (Å²) in [6.07, 6.45) is 0. The van der Waals surface area contributed by atoms with Crippen LogP contribution in [0, 0.1) is 0 Å². The van der Waals surface area contributed by atoms with Gasteiger partial charge in [-0.3, -0.25) is 9.69 Å². The Labute approximate surface area is 208 Å². The first kappa shape index (κ1) is 23.0. The monoisotopic (exact) mass is 486 g/mol. The molecule has 7 nitrogen and oxygen atoms in total. The van der Waals surface area contributed by atoms with Crippen LogP contribution in [0.2, 0.25) is 0 Å². The van der Waals surface area contributed by atoms with Crippen molar-refractivity contribution in [3.63, 3.8) is 0 Å². The number of thioether (sulfide) groups is 1. The molecule has 1 aliphatic heterocycles. The molecule has 1 aliphatic rings. The maximum Gasteiger partial charge on any atom is 0.238 e. The molecular weight excluding hydrogens is 460 g/mol. The molecule has 0 radical (unpaired) electrons. The summed E-state index contributed by atoms with van der Waals surface area (Å²) in [6.45, 7) is 3.11. The summed E-state index contributed by atoms with van der Waals surface area (Å²) in [5, 5.41) is 9.52. The van der Waals surface area contributed by atoms with Gasteiger partial charge >= 0.3 is 0 Å². The number of fused-ring (bicyclic) bond motifs is 1. The van der Waals surface area contributed by atoms with E-state index in [1.165, 1.54) is 11.8 Å². The zero-order valence-corrected chi connectivity index (χ0v) is 20.4. The van der Waals surface area contributed by atoms with Gasteiger partial charge in [-0.25, -0.2) is 0 Å². The van der Waals surface area contributed by atoms with Gasteiger partial charge in [0, 0.05) is 6.54 Å². The summed E-state index contributed by atoms with van der Waals surface area (Å²) in [6, 6.07) is 25.2. The number of benzene rings is 3. The maximum absolute atomic E-state index is 13.7. The van der Waals surface area contributed by atoms with E-state index in [2.05, 4.69) is 10.2 Å². The van der Waals surface area contributed by atoms with Crippen LogP contribution in [0.4, 0.5) is 5.69 Å². The van der Waals surface area contributed by atoms with Gasteiger partial charge in [0.1, 0.15) is 18.1 Å². The molecule has 1 unspecified atom stereocenters. The summed E-state index contributed by atoms with van der Waals surface area (Å²) >= 11 is 1.39. The minimum Gasteiger partial charge on any atom is -0.496 e. The molecule has 0 saturated heterocycles. The van der Waals surface area contributed by atoms with E-state index in [9.17, 15) is 4.79 Å². The average molecular weight is 487 g/mol. The molecule has 0 spiro atoms. The molecule has 1 aromatic heterocycles. The Balaban J connectivity index is 1.42. The van der Waals surface area contributed by atoms with Gasteiger partial charge in [-0.1, -0.05) is 66.4 Å². The van der Waals surface area contributed by atoms with E-state index in [0.717, 1.165) is 28.4 Å². The Morgan fingerprint density at radius 2 is 1.77 bits per heavy atom. The van der Waals surface area contributed by atoms with Gasteiger partial charge in [-0.15, -0.1) is 10.2 Å².